The number of alkyl halides is 3. The second-order valence-electron chi connectivity index (χ2n) is 2.09. The second-order valence-corrected chi connectivity index (χ2v) is 2.47. The van der Waals surface area contributed by atoms with Crippen molar-refractivity contribution >= 4 is 11.6 Å². The van der Waals surface area contributed by atoms with Crippen LogP contribution >= 0.6 is 11.6 Å². The summed E-state index contributed by atoms with van der Waals surface area (Å²) in [4.78, 5) is 6.80. The van der Waals surface area contributed by atoms with Gasteiger partial charge in [-0.25, -0.2) is 9.97 Å². The van der Waals surface area contributed by atoms with E-state index in [0.717, 1.165) is 0 Å². The molecule has 1 aromatic rings. The van der Waals surface area contributed by atoms with Crippen LogP contribution in [0.15, 0.2) is 12.3 Å². The van der Waals surface area contributed by atoms with Crippen molar-refractivity contribution in [1.82, 2.24) is 9.97 Å². The Balaban J connectivity index is 2.77. The number of halogens is 4. The quantitative estimate of drug-likeness (QED) is 0.644. The van der Waals surface area contributed by atoms with Gasteiger partial charge in [0.25, 0.3) is 0 Å². The Bertz CT molecular complexity index is 274. The zero-order valence-corrected chi connectivity index (χ0v) is 6.52. The molecule has 2 nitrogen and oxygen atoms in total. The largest absolute Gasteiger partial charge is 0.396 e. The first-order chi connectivity index (χ1) is 5.47. The van der Waals surface area contributed by atoms with E-state index in [1.807, 2.05) is 0 Å². The van der Waals surface area contributed by atoms with E-state index in [9.17, 15) is 13.2 Å². The average molecular weight is 197 g/mol. The Morgan fingerprint density at radius 3 is 2.58 bits per heavy atom. The SMILES string of the molecule is FC(F)(F)Cc1nccc(Cl)n1. The van der Waals surface area contributed by atoms with Crippen LogP contribution in [0.3, 0.4) is 0 Å². The fourth-order valence-electron chi connectivity index (χ4n) is 0.639. The molecular weight excluding hydrogens is 193 g/mol. The Kier molecular flexibility index (Phi) is 2.52. The van der Waals surface area contributed by atoms with E-state index in [1.165, 1.54) is 12.3 Å². The van der Waals surface area contributed by atoms with Crippen LogP contribution in [0.1, 0.15) is 5.82 Å². The number of nitrogens with zero attached hydrogens (tertiary/aromatic N) is 2. The minimum Gasteiger partial charge on any atom is -0.241 e. The first-order valence-electron chi connectivity index (χ1n) is 3.01. The van der Waals surface area contributed by atoms with Gasteiger partial charge in [0.05, 0.1) is 0 Å². The van der Waals surface area contributed by atoms with E-state index in [4.69, 9.17) is 11.6 Å². The summed E-state index contributed by atoms with van der Waals surface area (Å²) in [6, 6.07) is 1.32. The van der Waals surface area contributed by atoms with Gasteiger partial charge < -0.3 is 0 Å². The molecule has 0 aliphatic rings. The fourth-order valence-corrected chi connectivity index (χ4v) is 0.793. The molecule has 1 rings (SSSR count). The third-order valence-electron chi connectivity index (χ3n) is 1.03. The molecule has 0 unspecified atom stereocenters. The van der Waals surface area contributed by atoms with Crippen molar-refractivity contribution in [2.45, 2.75) is 12.6 Å². The van der Waals surface area contributed by atoms with Gasteiger partial charge in [0.15, 0.2) is 0 Å². The lowest BCUT2D eigenvalue weighted by atomic mass is 10.4. The van der Waals surface area contributed by atoms with Crippen molar-refractivity contribution in [3.8, 4) is 0 Å². The van der Waals surface area contributed by atoms with Gasteiger partial charge in [0.1, 0.15) is 17.4 Å². The summed E-state index contributed by atoms with van der Waals surface area (Å²) in [5.74, 6) is -0.310. The van der Waals surface area contributed by atoms with Gasteiger partial charge in [0.2, 0.25) is 0 Å². The van der Waals surface area contributed by atoms with E-state index < -0.39 is 12.6 Å². The third-order valence-corrected chi connectivity index (χ3v) is 1.24. The summed E-state index contributed by atoms with van der Waals surface area (Å²) >= 11 is 5.36. The molecule has 0 radical (unpaired) electrons. The minimum atomic E-state index is -4.29. The molecule has 0 bridgehead atoms. The summed E-state index contributed by atoms with van der Waals surface area (Å²) in [7, 11) is 0. The Hall–Kier alpha value is -0.840. The second kappa shape index (κ2) is 3.26. The highest BCUT2D eigenvalue weighted by Crippen LogP contribution is 2.19. The molecule has 0 saturated heterocycles. The van der Waals surface area contributed by atoms with E-state index in [2.05, 4.69) is 9.97 Å². The van der Waals surface area contributed by atoms with Crippen LogP contribution in [0.5, 0.6) is 0 Å². The van der Waals surface area contributed by atoms with Crippen molar-refractivity contribution in [3.05, 3.63) is 23.2 Å². The fraction of sp³-hybridized carbons (Fsp3) is 0.333. The van der Waals surface area contributed by atoms with Gasteiger partial charge >= 0.3 is 6.18 Å². The highest BCUT2D eigenvalue weighted by Gasteiger charge is 2.29. The van der Waals surface area contributed by atoms with Gasteiger partial charge in [-0.1, -0.05) is 11.6 Å². The van der Waals surface area contributed by atoms with Crippen LogP contribution in [0.25, 0.3) is 0 Å². The smallest absolute Gasteiger partial charge is 0.241 e. The van der Waals surface area contributed by atoms with Crippen molar-refractivity contribution in [2.75, 3.05) is 0 Å². The third kappa shape index (κ3) is 3.04. The van der Waals surface area contributed by atoms with E-state index in [1.54, 1.807) is 0 Å². The maximum Gasteiger partial charge on any atom is 0.396 e. The van der Waals surface area contributed by atoms with Gasteiger partial charge in [-0.2, -0.15) is 13.2 Å². The van der Waals surface area contributed by atoms with Gasteiger partial charge in [-0.3, -0.25) is 0 Å². The standard InChI is InChI=1S/C6H4ClF3N2/c7-4-1-2-11-5(12-4)3-6(8,9)10/h1-2H,3H2. The van der Waals surface area contributed by atoms with Crippen LogP contribution < -0.4 is 0 Å². The van der Waals surface area contributed by atoms with Gasteiger partial charge in [-0.05, 0) is 6.07 Å². The summed E-state index contributed by atoms with van der Waals surface area (Å²) in [6.45, 7) is 0. The molecule has 0 N–H and O–H groups in total. The molecule has 1 heterocycles. The summed E-state index contributed by atoms with van der Waals surface area (Å²) in [5.41, 5.74) is 0. The lowest BCUT2D eigenvalue weighted by molar-refractivity contribution is -0.128. The highest BCUT2D eigenvalue weighted by atomic mass is 35.5. The average Bonchev–Trinajstić information content (AvgIpc) is 1.82. The van der Waals surface area contributed by atoms with E-state index in [-0.39, 0.29) is 11.0 Å². The zero-order valence-electron chi connectivity index (χ0n) is 5.77. The normalized spacial score (nSPS) is 11.7. The molecule has 0 aromatic carbocycles. The molecule has 66 valence electrons. The Morgan fingerprint density at radius 1 is 1.42 bits per heavy atom. The molecule has 0 aliphatic carbocycles. The van der Waals surface area contributed by atoms with Crippen LogP contribution in [-0.2, 0) is 6.42 Å². The lowest BCUT2D eigenvalue weighted by Crippen LogP contribution is -2.13. The summed E-state index contributed by atoms with van der Waals surface area (Å²) < 4.78 is 35.2. The van der Waals surface area contributed by atoms with Crippen molar-refractivity contribution in [1.29, 1.82) is 0 Å². The molecule has 12 heavy (non-hydrogen) atoms. The van der Waals surface area contributed by atoms with Crippen LogP contribution in [-0.4, -0.2) is 16.1 Å². The van der Waals surface area contributed by atoms with Gasteiger partial charge in [0, 0.05) is 6.20 Å². The number of rotatable bonds is 1. The molecule has 0 amide bonds. The van der Waals surface area contributed by atoms with Crippen LogP contribution in [0.4, 0.5) is 13.2 Å². The monoisotopic (exact) mass is 196 g/mol. The van der Waals surface area contributed by atoms with Crippen molar-refractivity contribution in [2.24, 2.45) is 0 Å². The van der Waals surface area contributed by atoms with Crippen molar-refractivity contribution in [3.63, 3.8) is 0 Å². The van der Waals surface area contributed by atoms with Gasteiger partial charge in [-0.15, -0.1) is 0 Å². The molecule has 0 atom stereocenters. The topological polar surface area (TPSA) is 25.8 Å². The molecule has 0 spiro atoms. The summed E-state index contributed by atoms with van der Waals surface area (Å²) in [6.07, 6.45) is -4.24. The Labute approximate surface area is 71.4 Å². The first kappa shape index (κ1) is 9.25. The molecule has 0 aliphatic heterocycles. The van der Waals surface area contributed by atoms with Crippen molar-refractivity contribution < 1.29 is 13.2 Å². The van der Waals surface area contributed by atoms with Crippen LogP contribution in [0, 0.1) is 0 Å². The number of aromatic nitrogens is 2. The zero-order chi connectivity index (χ0) is 9.19. The maximum atomic E-state index is 11.7. The number of hydrogen-bond donors (Lipinski definition) is 0. The van der Waals surface area contributed by atoms with E-state index >= 15 is 0 Å². The first-order valence-corrected chi connectivity index (χ1v) is 3.39. The molecule has 0 saturated carbocycles. The molecule has 6 heteroatoms. The molecule has 0 fully saturated rings. The predicted molar refractivity (Wildman–Crippen MR) is 36.8 cm³/mol. The predicted octanol–water partition coefficient (Wildman–Crippen LogP) is 2.23. The molecular formula is C6H4ClF3N2. The molecule has 1 aromatic heterocycles. The maximum absolute atomic E-state index is 11.7. The number of hydrogen-bond acceptors (Lipinski definition) is 2. The summed E-state index contributed by atoms with van der Waals surface area (Å²) in [5, 5.41) is 0.0178. The Morgan fingerprint density at radius 2 is 2.08 bits per heavy atom. The minimum absolute atomic E-state index is 0.0178. The lowest BCUT2D eigenvalue weighted by Gasteiger charge is -2.03. The van der Waals surface area contributed by atoms with Crippen LogP contribution in [0.2, 0.25) is 5.15 Å². The van der Waals surface area contributed by atoms with E-state index in [0.29, 0.717) is 0 Å². The highest BCUT2D eigenvalue weighted by molar-refractivity contribution is 6.29.